The van der Waals surface area contributed by atoms with Gasteiger partial charge in [0.2, 0.25) is 5.91 Å². The average Bonchev–Trinajstić information content (AvgIpc) is 2.68. The molecule has 0 aliphatic heterocycles. The molecule has 0 aromatic heterocycles. The van der Waals surface area contributed by atoms with Gasteiger partial charge in [0.1, 0.15) is 6.54 Å². The fourth-order valence-corrected chi connectivity index (χ4v) is 4.64. The average molecular weight is 443 g/mol. The molecule has 3 rings (SSSR count). The summed E-state index contributed by atoms with van der Waals surface area (Å²) in [5.74, 6) is -0.430. The molecule has 0 unspecified atom stereocenters. The Hall–Kier alpha value is -2.83. The highest BCUT2D eigenvalue weighted by Gasteiger charge is 2.27. The second kappa shape index (κ2) is 8.90. The third-order valence-electron chi connectivity index (χ3n) is 4.63. The zero-order valence-electron chi connectivity index (χ0n) is 17.0. The molecule has 5 nitrogen and oxygen atoms in total. The molecular weight excluding hydrogens is 420 g/mol. The molecule has 0 radical (unpaired) electrons. The van der Waals surface area contributed by atoms with Gasteiger partial charge in [-0.25, -0.2) is 8.42 Å². The zero-order valence-corrected chi connectivity index (χ0v) is 18.6. The number of rotatable bonds is 6. The van der Waals surface area contributed by atoms with Gasteiger partial charge in [-0.05, 0) is 74.4 Å². The van der Waals surface area contributed by atoms with E-state index in [4.69, 9.17) is 11.6 Å². The maximum atomic E-state index is 13.4. The summed E-state index contributed by atoms with van der Waals surface area (Å²) in [6.45, 7) is 5.37. The largest absolute Gasteiger partial charge is 0.324 e. The summed E-state index contributed by atoms with van der Waals surface area (Å²) in [5.41, 5.74) is 3.95. The maximum Gasteiger partial charge on any atom is 0.264 e. The number of nitrogens with one attached hydrogen (secondary N) is 1. The monoisotopic (exact) mass is 442 g/mol. The van der Waals surface area contributed by atoms with Crippen molar-refractivity contribution in [2.45, 2.75) is 25.7 Å². The lowest BCUT2D eigenvalue weighted by Crippen LogP contribution is -2.38. The number of carbonyl (C=O) groups is 1. The molecule has 0 atom stereocenters. The number of benzene rings is 3. The topological polar surface area (TPSA) is 66.5 Å². The summed E-state index contributed by atoms with van der Waals surface area (Å²) in [6, 6.07) is 18.6. The number of carbonyl (C=O) groups excluding carboxylic acids is 1. The third-order valence-corrected chi connectivity index (χ3v) is 6.67. The van der Waals surface area contributed by atoms with E-state index in [-0.39, 0.29) is 11.4 Å². The van der Waals surface area contributed by atoms with Crippen molar-refractivity contribution in [2.75, 3.05) is 16.2 Å². The van der Waals surface area contributed by atoms with E-state index >= 15 is 0 Å². The number of hydrogen-bond donors (Lipinski definition) is 1. The van der Waals surface area contributed by atoms with Crippen molar-refractivity contribution in [3.8, 4) is 0 Å². The standard InChI is InChI=1S/C23H23ClN2O3S/c1-16-5-4-6-20(14-16)26(30(28,29)21-10-8-19(24)9-11-21)15-23(27)25-22-12-7-17(2)13-18(22)3/h4-14H,15H2,1-3H3,(H,25,27). The van der Waals surface area contributed by atoms with Crippen LogP contribution in [0, 0.1) is 20.8 Å². The molecule has 0 bridgehead atoms. The van der Waals surface area contributed by atoms with Crippen LogP contribution in [0.3, 0.4) is 0 Å². The number of anilines is 2. The molecule has 0 heterocycles. The van der Waals surface area contributed by atoms with Crippen LogP contribution in [-0.4, -0.2) is 20.9 Å². The van der Waals surface area contributed by atoms with Crippen molar-refractivity contribution in [2.24, 2.45) is 0 Å². The molecule has 30 heavy (non-hydrogen) atoms. The molecular formula is C23H23ClN2O3S. The second-order valence-corrected chi connectivity index (χ2v) is 9.47. The molecule has 1 amide bonds. The Morgan fingerprint density at radius 3 is 2.23 bits per heavy atom. The molecule has 156 valence electrons. The molecule has 3 aromatic rings. The Labute approximate surface area is 182 Å². The van der Waals surface area contributed by atoms with Gasteiger partial charge in [0.15, 0.2) is 0 Å². The van der Waals surface area contributed by atoms with Crippen LogP contribution in [0.2, 0.25) is 5.02 Å². The number of halogens is 1. The highest BCUT2D eigenvalue weighted by atomic mass is 35.5. The van der Waals surface area contributed by atoms with E-state index in [0.717, 1.165) is 21.0 Å². The van der Waals surface area contributed by atoms with Crippen LogP contribution < -0.4 is 9.62 Å². The van der Waals surface area contributed by atoms with E-state index in [0.29, 0.717) is 16.4 Å². The Morgan fingerprint density at radius 1 is 0.933 bits per heavy atom. The summed E-state index contributed by atoms with van der Waals surface area (Å²) in [4.78, 5) is 12.9. The summed E-state index contributed by atoms with van der Waals surface area (Å²) in [7, 11) is -3.98. The van der Waals surface area contributed by atoms with Crippen molar-refractivity contribution in [1.82, 2.24) is 0 Å². The molecule has 0 aliphatic rings. The highest BCUT2D eigenvalue weighted by molar-refractivity contribution is 7.92. The van der Waals surface area contributed by atoms with Crippen LogP contribution in [0.5, 0.6) is 0 Å². The summed E-state index contributed by atoms with van der Waals surface area (Å²) in [5, 5.41) is 3.25. The number of nitrogens with zero attached hydrogens (tertiary/aromatic N) is 1. The number of hydrogen-bond acceptors (Lipinski definition) is 3. The summed E-state index contributed by atoms with van der Waals surface area (Å²) >= 11 is 5.91. The Balaban J connectivity index is 1.95. The third kappa shape index (κ3) is 5.01. The van der Waals surface area contributed by atoms with E-state index in [2.05, 4.69) is 5.32 Å². The minimum atomic E-state index is -3.98. The lowest BCUT2D eigenvalue weighted by molar-refractivity contribution is -0.114. The zero-order chi connectivity index (χ0) is 21.9. The predicted octanol–water partition coefficient (Wildman–Crippen LogP) is 5.10. The lowest BCUT2D eigenvalue weighted by Gasteiger charge is -2.24. The first-order chi connectivity index (χ1) is 14.2. The Kier molecular flexibility index (Phi) is 6.48. The van der Waals surface area contributed by atoms with Crippen molar-refractivity contribution in [3.05, 3.63) is 88.4 Å². The first-order valence-electron chi connectivity index (χ1n) is 9.39. The van der Waals surface area contributed by atoms with E-state index in [1.54, 1.807) is 18.2 Å². The van der Waals surface area contributed by atoms with E-state index in [1.165, 1.54) is 24.3 Å². The van der Waals surface area contributed by atoms with Gasteiger partial charge in [0, 0.05) is 10.7 Å². The quantitative estimate of drug-likeness (QED) is 0.577. The van der Waals surface area contributed by atoms with E-state index < -0.39 is 15.9 Å². The fourth-order valence-electron chi connectivity index (χ4n) is 3.11. The number of amides is 1. The molecule has 0 spiro atoms. The highest BCUT2D eigenvalue weighted by Crippen LogP contribution is 2.26. The molecule has 0 fully saturated rings. The van der Waals surface area contributed by atoms with Gasteiger partial charge in [0.05, 0.1) is 10.6 Å². The smallest absolute Gasteiger partial charge is 0.264 e. The summed E-state index contributed by atoms with van der Waals surface area (Å²) in [6.07, 6.45) is 0. The Morgan fingerprint density at radius 2 is 1.60 bits per heavy atom. The SMILES string of the molecule is Cc1cccc(N(CC(=O)Nc2ccc(C)cc2C)S(=O)(=O)c2ccc(Cl)cc2)c1. The van der Waals surface area contributed by atoms with Gasteiger partial charge in [-0.3, -0.25) is 9.10 Å². The second-order valence-electron chi connectivity index (χ2n) is 7.17. The van der Waals surface area contributed by atoms with Crippen LogP contribution in [0.4, 0.5) is 11.4 Å². The minimum absolute atomic E-state index is 0.0627. The first kappa shape index (κ1) is 21.9. The van der Waals surface area contributed by atoms with Gasteiger partial charge in [-0.1, -0.05) is 41.4 Å². The van der Waals surface area contributed by atoms with Gasteiger partial charge >= 0.3 is 0 Å². The normalized spacial score (nSPS) is 11.2. The fraction of sp³-hybridized carbons (Fsp3) is 0.174. The molecule has 7 heteroatoms. The number of aryl methyl sites for hydroxylation is 3. The molecule has 0 saturated heterocycles. The van der Waals surface area contributed by atoms with Gasteiger partial charge in [0.25, 0.3) is 10.0 Å². The van der Waals surface area contributed by atoms with Crippen LogP contribution in [0.1, 0.15) is 16.7 Å². The lowest BCUT2D eigenvalue weighted by atomic mass is 10.1. The maximum absolute atomic E-state index is 13.4. The van der Waals surface area contributed by atoms with Gasteiger partial charge < -0.3 is 5.32 Å². The van der Waals surface area contributed by atoms with Crippen LogP contribution in [-0.2, 0) is 14.8 Å². The van der Waals surface area contributed by atoms with Crippen LogP contribution in [0.15, 0.2) is 71.6 Å². The molecule has 3 aromatic carbocycles. The van der Waals surface area contributed by atoms with E-state index in [9.17, 15) is 13.2 Å². The van der Waals surface area contributed by atoms with Crippen molar-refractivity contribution in [1.29, 1.82) is 0 Å². The Bertz CT molecular complexity index is 1180. The van der Waals surface area contributed by atoms with Crippen LogP contribution >= 0.6 is 11.6 Å². The first-order valence-corrected chi connectivity index (χ1v) is 11.2. The van der Waals surface area contributed by atoms with Crippen molar-refractivity contribution >= 4 is 38.9 Å². The number of sulfonamides is 1. The van der Waals surface area contributed by atoms with E-state index in [1.807, 2.05) is 45.0 Å². The molecule has 0 saturated carbocycles. The van der Waals surface area contributed by atoms with Gasteiger partial charge in [-0.2, -0.15) is 0 Å². The van der Waals surface area contributed by atoms with Gasteiger partial charge in [-0.15, -0.1) is 0 Å². The van der Waals surface area contributed by atoms with Crippen molar-refractivity contribution in [3.63, 3.8) is 0 Å². The summed E-state index contributed by atoms with van der Waals surface area (Å²) < 4.78 is 27.8. The minimum Gasteiger partial charge on any atom is -0.324 e. The van der Waals surface area contributed by atoms with Crippen LogP contribution in [0.25, 0.3) is 0 Å². The molecule has 0 aliphatic carbocycles. The van der Waals surface area contributed by atoms with Crippen molar-refractivity contribution < 1.29 is 13.2 Å². The molecule has 1 N–H and O–H groups in total. The predicted molar refractivity (Wildman–Crippen MR) is 122 cm³/mol.